The Kier molecular flexibility index (Phi) is 4.47. The summed E-state index contributed by atoms with van der Waals surface area (Å²) in [5.74, 6) is -1.19. The van der Waals surface area contributed by atoms with E-state index >= 15 is 0 Å². The summed E-state index contributed by atoms with van der Waals surface area (Å²) in [6, 6.07) is -0.351. The minimum atomic E-state index is -4.08. The molecule has 0 aliphatic heterocycles. The Hall–Kier alpha value is -0.290. The van der Waals surface area contributed by atoms with Gasteiger partial charge < -0.3 is 10.4 Å². The number of rotatable bonds is 3. The molecule has 102 valence electrons. The van der Waals surface area contributed by atoms with Crippen LogP contribution in [0, 0.1) is 5.92 Å². The van der Waals surface area contributed by atoms with Crippen molar-refractivity contribution in [1.29, 1.82) is 0 Å². The number of hydrogen-bond donors (Lipinski definition) is 2. The number of aliphatic hydroxyl groups is 1. The van der Waals surface area contributed by atoms with Gasteiger partial charge in [0.1, 0.15) is 0 Å². The lowest BCUT2D eigenvalue weighted by Crippen LogP contribution is -2.50. The molecular formula is C12H22F3NO. The Morgan fingerprint density at radius 1 is 1.24 bits per heavy atom. The van der Waals surface area contributed by atoms with Crippen LogP contribution in [-0.2, 0) is 0 Å². The fraction of sp³-hybridized carbons (Fsp3) is 1.00. The van der Waals surface area contributed by atoms with E-state index < -0.39 is 17.7 Å². The molecule has 0 radical (unpaired) electrons. The topological polar surface area (TPSA) is 32.3 Å². The van der Waals surface area contributed by atoms with Gasteiger partial charge in [0.2, 0.25) is 0 Å². The third kappa shape index (κ3) is 4.47. The first-order valence-corrected chi connectivity index (χ1v) is 6.16. The molecule has 1 fully saturated rings. The molecule has 2 nitrogen and oxygen atoms in total. The highest BCUT2D eigenvalue weighted by atomic mass is 19.4. The lowest BCUT2D eigenvalue weighted by Gasteiger charge is -2.36. The minimum Gasteiger partial charge on any atom is -0.389 e. The molecule has 1 aliphatic carbocycles. The highest BCUT2D eigenvalue weighted by molar-refractivity contribution is 4.87. The molecule has 0 bridgehead atoms. The predicted molar refractivity (Wildman–Crippen MR) is 60.7 cm³/mol. The summed E-state index contributed by atoms with van der Waals surface area (Å²) < 4.78 is 37.8. The average Bonchev–Trinajstić information content (AvgIpc) is 2.15. The molecule has 0 spiro atoms. The van der Waals surface area contributed by atoms with E-state index in [-0.39, 0.29) is 24.9 Å². The van der Waals surface area contributed by atoms with Crippen LogP contribution in [0.4, 0.5) is 13.2 Å². The summed E-state index contributed by atoms with van der Waals surface area (Å²) in [6.07, 6.45) is -2.37. The Morgan fingerprint density at radius 2 is 1.82 bits per heavy atom. The quantitative estimate of drug-likeness (QED) is 0.810. The maximum absolute atomic E-state index is 12.6. The van der Waals surface area contributed by atoms with Gasteiger partial charge in [0.05, 0.1) is 11.5 Å². The molecule has 1 aliphatic rings. The van der Waals surface area contributed by atoms with Gasteiger partial charge in [0, 0.05) is 12.1 Å². The number of halogens is 3. The third-order valence-corrected chi connectivity index (χ3v) is 3.68. The first kappa shape index (κ1) is 14.8. The fourth-order valence-corrected chi connectivity index (χ4v) is 2.20. The van der Waals surface area contributed by atoms with E-state index in [2.05, 4.69) is 5.32 Å². The average molecular weight is 253 g/mol. The Bertz CT molecular complexity index is 245. The van der Waals surface area contributed by atoms with Crippen molar-refractivity contribution in [1.82, 2.24) is 5.32 Å². The summed E-state index contributed by atoms with van der Waals surface area (Å²) in [7, 11) is 0. The van der Waals surface area contributed by atoms with Crippen LogP contribution in [0.15, 0.2) is 0 Å². The van der Waals surface area contributed by atoms with Crippen LogP contribution in [0.1, 0.15) is 46.5 Å². The summed E-state index contributed by atoms with van der Waals surface area (Å²) >= 11 is 0. The van der Waals surface area contributed by atoms with Crippen LogP contribution >= 0.6 is 0 Å². The molecule has 0 saturated heterocycles. The zero-order valence-corrected chi connectivity index (χ0v) is 10.6. The molecule has 5 heteroatoms. The highest BCUT2D eigenvalue weighted by Gasteiger charge is 2.42. The van der Waals surface area contributed by atoms with Crippen molar-refractivity contribution in [2.45, 2.75) is 70.3 Å². The van der Waals surface area contributed by atoms with Crippen molar-refractivity contribution in [3.05, 3.63) is 0 Å². The van der Waals surface area contributed by atoms with Gasteiger partial charge in [0.25, 0.3) is 0 Å². The second kappa shape index (κ2) is 5.14. The number of nitrogens with one attached hydrogen (secondary N) is 1. The Labute approximate surface area is 101 Å². The molecule has 1 rings (SSSR count). The van der Waals surface area contributed by atoms with Gasteiger partial charge in [-0.3, -0.25) is 0 Å². The summed E-state index contributed by atoms with van der Waals surface area (Å²) in [5.41, 5.74) is -0.912. The van der Waals surface area contributed by atoms with Gasteiger partial charge in [-0.25, -0.2) is 0 Å². The van der Waals surface area contributed by atoms with E-state index in [1.165, 1.54) is 0 Å². The van der Waals surface area contributed by atoms with Gasteiger partial charge in [0.15, 0.2) is 0 Å². The predicted octanol–water partition coefficient (Wildman–Crippen LogP) is 2.86. The van der Waals surface area contributed by atoms with E-state index in [0.29, 0.717) is 6.42 Å². The Balaban J connectivity index is 2.51. The van der Waals surface area contributed by atoms with Crippen molar-refractivity contribution in [3.8, 4) is 0 Å². The summed E-state index contributed by atoms with van der Waals surface area (Å²) in [4.78, 5) is 0. The zero-order valence-electron chi connectivity index (χ0n) is 10.6. The molecule has 3 atom stereocenters. The highest BCUT2D eigenvalue weighted by Crippen LogP contribution is 2.37. The van der Waals surface area contributed by atoms with Gasteiger partial charge in [-0.05, 0) is 40.0 Å². The standard InChI is InChI=1S/C12H22F3NO/c1-8(11(2,3)17)16-10-6-4-5-9(7-10)12(13,14)15/h8-10,16-17H,4-7H2,1-3H3. The number of alkyl halides is 3. The molecule has 2 N–H and O–H groups in total. The largest absolute Gasteiger partial charge is 0.391 e. The molecule has 17 heavy (non-hydrogen) atoms. The maximum atomic E-state index is 12.6. The lowest BCUT2D eigenvalue weighted by atomic mass is 9.84. The Morgan fingerprint density at radius 3 is 2.29 bits per heavy atom. The number of hydrogen-bond acceptors (Lipinski definition) is 2. The normalized spacial score (nSPS) is 29.1. The summed E-state index contributed by atoms with van der Waals surface area (Å²) in [6.45, 7) is 5.13. The molecule has 0 amide bonds. The van der Waals surface area contributed by atoms with E-state index in [0.717, 1.165) is 6.42 Å². The lowest BCUT2D eigenvalue weighted by molar-refractivity contribution is -0.184. The molecule has 0 aromatic rings. The SMILES string of the molecule is CC(NC1CCCC(C(F)(F)F)C1)C(C)(C)O. The molecule has 0 heterocycles. The van der Waals surface area contributed by atoms with Crippen LogP contribution in [-0.4, -0.2) is 29.0 Å². The minimum absolute atomic E-state index is 0.129. The van der Waals surface area contributed by atoms with Crippen molar-refractivity contribution in [3.63, 3.8) is 0 Å². The van der Waals surface area contributed by atoms with E-state index in [1.807, 2.05) is 0 Å². The molecule has 1 saturated carbocycles. The molecule has 0 aromatic heterocycles. The van der Waals surface area contributed by atoms with Crippen LogP contribution in [0.2, 0.25) is 0 Å². The monoisotopic (exact) mass is 253 g/mol. The van der Waals surface area contributed by atoms with Crippen LogP contribution in [0.25, 0.3) is 0 Å². The van der Waals surface area contributed by atoms with Gasteiger partial charge in [-0.2, -0.15) is 13.2 Å². The summed E-state index contributed by atoms with van der Waals surface area (Å²) in [5, 5.41) is 12.9. The van der Waals surface area contributed by atoms with Gasteiger partial charge in [-0.15, -0.1) is 0 Å². The fourth-order valence-electron chi connectivity index (χ4n) is 2.20. The van der Waals surface area contributed by atoms with Gasteiger partial charge in [-0.1, -0.05) is 6.42 Å². The van der Waals surface area contributed by atoms with Crippen molar-refractivity contribution in [2.75, 3.05) is 0 Å². The zero-order chi connectivity index (χ0) is 13.3. The van der Waals surface area contributed by atoms with Crippen molar-refractivity contribution in [2.24, 2.45) is 5.92 Å². The van der Waals surface area contributed by atoms with Gasteiger partial charge >= 0.3 is 6.18 Å². The molecular weight excluding hydrogens is 231 g/mol. The second-order valence-electron chi connectivity index (χ2n) is 5.64. The van der Waals surface area contributed by atoms with Crippen LogP contribution in [0.3, 0.4) is 0 Å². The second-order valence-corrected chi connectivity index (χ2v) is 5.64. The van der Waals surface area contributed by atoms with Crippen molar-refractivity contribution < 1.29 is 18.3 Å². The van der Waals surface area contributed by atoms with Crippen LogP contribution in [0.5, 0.6) is 0 Å². The van der Waals surface area contributed by atoms with E-state index in [1.54, 1.807) is 20.8 Å². The van der Waals surface area contributed by atoms with E-state index in [4.69, 9.17) is 0 Å². The van der Waals surface area contributed by atoms with Crippen LogP contribution < -0.4 is 5.32 Å². The van der Waals surface area contributed by atoms with Crippen molar-refractivity contribution >= 4 is 0 Å². The molecule has 0 aromatic carbocycles. The molecule has 3 unspecified atom stereocenters. The van der Waals surface area contributed by atoms with E-state index in [9.17, 15) is 18.3 Å². The first-order valence-electron chi connectivity index (χ1n) is 6.16. The first-order chi connectivity index (χ1) is 7.60. The smallest absolute Gasteiger partial charge is 0.389 e. The maximum Gasteiger partial charge on any atom is 0.391 e. The third-order valence-electron chi connectivity index (χ3n) is 3.68.